The number of piperazine rings is 1. The van der Waals surface area contributed by atoms with E-state index in [0.717, 1.165) is 26.1 Å². The van der Waals surface area contributed by atoms with Crippen LogP contribution in [0, 0.1) is 18.3 Å². The molecule has 0 N–H and O–H groups in total. The van der Waals surface area contributed by atoms with E-state index in [-0.39, 0.29) is 24.2 Å². The van der Waals surface area contributed by atoms with Gasteiger partial charge in [0.15, 0.2) is 0 Å². The van der Waals surface area contributed by atoms with Crippen molar-refractivity contribution in [2.45, 2.75) is 19.8 Å². The van der Waals surface area contributed by atoms with Crippen LogP contribution in [-0.2, 0) is 14.3 Å². The maximum atomic E-state index is 12.1. The fraction of sp³-hybridized carbons (Fsp3) is 0.714. The van der Waals surface area contributed by atoms with Gasteiger partial charge in [0.25, 0.3) is 0 Å². The van der Waals surface area contributed by atoms with Gasteiger partial charge >= 0.3 is 5.97 Å². The van der Waals surface area contributed by atoms with Crippen LogP contribution >= 0.6 is 0 Å². The molecule has 1 amide bonds. The third-order valence-corrected chi connectivity index (χ3v) is 3.38. The van der Waals surface area contributed by atoms with Crippen LogP contribution in [0.15, 0.2) is 0 Å². The summed E-state index contributed by atoms with van der Waals surface area (Å²) in [7, 11) is 1.34. The van der Waals surface area contributed by atoms with Crippen LogP contribution < -0.4 is 0 Å². The van der Waals surface area contributed by atoms with Crippen LogP contribution in [0.1, 0.15) is 19.8 Å². The van der Waals surface area contributed by atoms with Crippen LogP contribution in [0.5, 0.6) is 0 Å². The lowest BCUT2D eigenvalue weighted by Gasteiger charge is -2.35. The molecule has 0 aromatic carbocycles. The second kappa shape index (κ2) is 7.80. The van der Waals surface area contributed by atoms with Gasteiger partial charge in [-0.25, -0.2) is 0 Å². The maximum Gasteiger partial charge on any atom is 0.306 e. The van der Waals surface area contributed by atoms with Crippen LogP contribution in [-0.4, -0.2) is 61.5 Å². The van der Waals surface area contributed by atoms with Gasteiger partial charge in [-0.3, -0.25) is 14.5 Å². The van der Waals surface area contributed by atoms with E-state index in [0.29, 0.717) is 13.1 Å². The molecule has 0 aliphatic carbocycles. The first-order valence-corrected chi connectivity index (χ1v) is 6.60. The normalized spacial score (nSPS) is 17.6. The summed E-state index contributed by atoms with van der Waals surface area (Å²) in [5.41, 5.74) is 0. The fourth-order valence-electron chi connectivity index (χ4n) is 2.15. The lowest BCUT2D eigenvalue weighted by Crippen LogP contribution is -2.50. The molecule has 0 aromatic rings. The first-order chi connectivity index (χ1) is 9.08. The number of rotatable bonds is 5. The number of carbonyl (C=O) groups is 2. The molecule has 1 atom stereocenters. The zero-order chi connectivity index (χ0) is 14.3. The van der Waals surface area contributed by atoms with E-state index in [2.05, 4.69) is 15.6 Å². The van der Waals surface area contributed by atoms with Gasteiger partial charge in [-0.1, -0.05) is 6.92 Å². The standard InChI is InChI=1S/C14H22N2O3/c1-4-5-6-15-7-9-16(10-8-15)14(18)12(2)11-13(17)19-3/h1,12H,5-11H2,2-3H3/t12-/m1/s1. The molecule has 1 fully saturated rings. The number of terminal acetylenes is 1. The molecule has 0 radical (unpaired) electrons. The zero-order valence-electron chi connectivity index (χ0n) is 11.7. The quantitative estimate of drug-likeness (QED) is 0.532. The van der Waals surface area contributed by atoms with E-state index in [1.807, 2.05) is 4.90 Å². The lowest BCUT2D eigenvalue weighted by atomic mass is 10.1. The first kappa shape index (κ1) is 15.5. The van der Waals surface area contributed by atoms with E-state index < -0.39 is 0 Å². The second-order valence-electron chi connectivity index (χ2n) is 4.80. The van der Waals surface area contributed by atoms with Gasteiger partial charge in [-0.2, -0.15) is 0 Å². The van der Waals surface area contributed by atoms with Crippen molar-refractivity contribution in [1.82, 2.24) is 9.80 Å². The van der Waals surface area contributed by atoms with Gasteiger partial charge in [0.2, 0.25) is 5.91 Å². The van der Waals surface area contributed by atoms with E-state index in [9.17, 15) is 9.59 Å². The summed E-state index contributed by atoms with van der Waals surface area (Å²) in [4.78, 5) is 27.4. The molecule has 0 spiro atoms. The molecule has 0 unspecified atom stereocenters. The third-order valence-electron chi connectivity index (χ3n) is 3.38. The predicted molar refractivity (Wildman–Crippen MR) is 72.3 cm³/mol. The van der Waals surface area contributed by atoms with Crippen LogP contribution in [0.4, 0.5) is 0 Å². The number of amides is 1. The predicted octanol–water partition coefficient (Wildman–Crippen LogP) is 0.353. The van der Waals surface area contributed by atoms with Crippen LogP contribution in [0.2, 0.25) is 0 Å². The molecule has 1 saturated heterocycles. The topological polar surface area (TPSA) is 49.9 Å². The molecule has 0 saturated carbocycles. The number of hydrogen-bond acceptors (Lipinski definition) is 4. The Labute approximate surface area is 114 Å². The molecule has 5 nitrogen and oxygen atoms in total. The average Bonchev–Trinajstić information content (AvgIpc) is 2.44. The summed E-state index contributed by atoms with van der Waals surface area (Å²) in [6, 6.07) is 0. The highest BCUT2D eigenvalue weighted by Crippen LogP contribution is 2.11. The van der Waals surface area contributed by atoms with Crippen molar-refractivity contribution in [1.29, 1.82) is 0 Å². The van der Waals surface area contributed by atoms with Crippen molar-refractivity contribution in [2.24, 2.45) is 5.92 Å². The summed E-state index contributed by atoms with van der Waals surface area (Å²) in [6.45, 7) is 5.75. The summed E-state index contributed by atoms with van der Waals surface area (Å²) in [5.74, 6) is 2.00. The fourth-order valence-corrected chi connectivity index (χ4v) is 2.15. The molecular formula is C14H22N2O3. The maximum absolute atomic E-state index is 12.1. The van der Waals surface area contributed by atoms with Gasteiger partial charge < -0.3 is 9.64 Å². The van der Waals surface area contributed by atoms with Crippen molar-refractivity contribution < 1.29 is 14.3 Å². The van der Waals surface area contributed by atoms with Crippen molar-refractivity contribution in [3.05, 3.63) is 0 Å². The highest BCUT2D eigenvalue weighted by molar-refractivity contribution is 5.83. The van der Waals surface area contributed by atoms with E-state index in [4.69, 9.17) is 6.42 Å². The van der Waals surface area contributed by atoms with Gasteiger partial charge in [0.1, 0.15) is 0 Å². The van der Waals surface area contributed by atoms with Gasteiger partial charge in [-0.05, 0) is 0 Å². The molecule has 19 heavy (non-hydrogen) atoms. The smallest absolute Gasteiger partial charge is 0.306 e. The molecule has 5 heteroatoms. The van der Waals surface area contributed by atoms with Crippen LogP contribution in [0.25, 0.3) is 0 Å². The minimum atomic E-state index is -0.339. The summed E-state index contributed by atoms with van der Waals surface area (Å²) >= 11 is 0. The Bertz CT molecular complexity index is 354. The highest BCUT2D eigenvalue weighted by atomic mass is 16.5. The summed E-state index contributed by atoms with van der Waals surface area (Å²) in [5, 5.41) is 0. The van der Waals surface area contributed by atoms with Gasteiger partial charge in [-0.15, -0.1) is 12.3 Å². The van der Waals surface area contributed by atoms with E-state index >= 15 is 0 Å². The number of carbonyl (C=O) groups excluding carboxylic acids is 2. The molecule has 1 heterocycles. The largest absolute Gasteiger partial charge is 0.469 e. The Morgan fingerprint density at radius 1 is 1.32 bits per heavy atom. The number of hydrogen-bond donors (Lipinski definition) is 0. The first-order valence-electron chi connectivity index (χ1n) is 6.60. The van der Waals surface area contributed by atoms with Gasteiger partial charge in [0, 0.05) is 45.1 Å². The molecular weight excluding hydrogens is 244 g/mol. The Morgan fingerprint density at radius 3 is 2.47 bits per heavy atom. The molecule has 1 aliphatic heterocycles. The summed E-state index contributed by atoms with van der Waals surface area (Å²) in [6.07, 6.45) is 6.12. The monoisotopic (exact) mass is 266 g/mol. The van der Waals surface area contributed by atoms with E-state index in [1.165, 1.54) is 7.11 Å². The molecule has 0 aromatic heterocycles. The Hall–Kier alpha value is -1.54. The Kier molecular flexibility index (Phi) is 6.37. The number of methoxy groups -OCH3 is 1. The van der Waals surface area contributed by atoms with E-state index in [1.54, 1.807) is 6.92 Å². The second-order valence-corrected chi connectivity index (χ2v) is 4.80. The molecule has 1 aliphatic rings. The number of nitrogens with zero attached hydrogens (tertiary/aromatic N) is 2. The van der Waals surface area contributed by atoms with Crippen molar-refractivity contribution in [3.8, 4) is 12.3 Å². The van der Waals surface area contributed by atoms with Gasteiger partial charge in [0.05, 0.1) is 13.5 Å². The minimum Gasteiger partial charge on any atom is -0.469 e. The average molecular weight is 266 g/mol. The molecule has 106 valence electrons. The number of esters is 1. The SMILES string of the molecule is C#CCCN1CCN(C(=O)[C@H](C)CC(=O)OC)CC1. The molecule has 1 rings (SSSR count). The van der Waals surface area contributed by atoms with Crippen molar-refractivity contribution in [2.75, 3.05) is 39.8 Å². The van der Waals surface area contributed by atoms with Crippen LogP contribution in [0.3, 0.4) is 0 Å². The number of ether oxygens (including phenoxy) is 1. The minimum absolute atomic E-state index is 0.0296. The van der Waals surface area contributed by atoms with Crippen molar-refractivity contribution in [3.63, 3.8) is 0 Å². The third kappa shape index (κ3) is 4.92. The Morgan fingerprint density at radius 2 is 1.95 bits per heavy atom. The van der Waals surface area contributed by atoms with Crippen molar-refractivity contribution >= 4 is 11.9 Å². The molecule has 0 bridgehead atoms. The lowest BCUT2D eigenvalue weighted by molar-refractivity contribution is -0.147. The Balaban J connectivity index is 2.36. The summed E-state index contributed by atoms with van der Waals surface area (Å²) < 4.78 is 4.58. The highest BCUT2D eigenvalue weighted by Gasteiger charge is 2.26. The zero-order valence-corrected chi connectivity index (χ0v) is 11.7.